The molecule has 3 nitrogen and oxygen atoms in total. The van der Waals surface area contributed by atoms with Crippen molar-refractivity contribution in [1.29, 1.82) is 0 Å². The Hall–Kier alpha value is -1.68. The summed E-state index contributed by atoms with van der Waals surface area (Å²) in [7, 11) is 0. The van der Waals surface area contributed by atoms with Crippen molar-refractivity contribution in [2.75, 3.05) is 0 Å². The number of carbonyl (C=O) groups is 1. The molecule has 0 saturated heterocycles. The normalized spacial score (nSPS) is 10.8. The Kier molecular flexibility index (Phi) is 3.24. The molecule has 0 unspecified atom stereocenters. The van der Waals surface area contributed by atoms with Crippen LogP contribution in [0.25, 0.3) is 11.3 Å². The molecule has 88 valence electrons. The average molecular weight is 246 g/mol. The first-order valence-electron chi connectivity index (χ1n) is 5.42. The largest absolute Gasteiger partial charge is 0.366 e. The summed E-state index contributed by atoms with van der Waals surface area (Å²) >= 11 is 1.51. The Bertz CT molecular complexity index is 532. The molecule has 1 amide bonds. The standard InChI is InChI=1S/C13H14N2OS/c1-8(2)9-4-3-5-10(13(14)16)12(9)11-6-17-7-15-11/h3-8H,1-2H3,(H2,14,16). The number of hydrogen-bond donors (Lipinski definition) is 1. The molecular weight excluding hydrogens is 232 g/mol. The first kappa shape index (κ1) is 11.8. The van der Waals surface area contributed by atoms with Gasteiger partial charge in [0.25, 0.3) is 0 Å². The Balaban J connectivity index is 2.71. The fourth-order valence-electron chi connectivity index (χ4n) is 1.88. The summed E-state index contributed by atoms with van der Waals surface area (Å²) in [5.41, 5.74) is 10.5. The molecule has 0 bridgehead atoms. The SMILES string of the molecule is CC(C)c1cccc(C(N)=O)c1-c1cscn1. The fraction of sp³-hybridized carbons (Fsp3) is 0.231. The van der Waals surface area contributed by atoms with Crippen molar-refractivity contribution in [2.24, 2.45) is 5.73 Å². The maximum atomic E-state index is 11.5. The van der Waals surface area contributed by atoms with Crippen LogP contribution in [0.2, 0.25) is 0 Å². The van der Waals surface area contributed by atoms with E-state index in [2.05, 4.69) is 18.8 Å². The Morgan fingerprint density at radius 2 is 2.18 bits per heavy atom. The van der Waals surface area contributed by atoms with Crippen LogP contribution >= 0.6 is 11.3 Å². The number of thiazole rings is 1. The second-order valence-electron chi connectivity index (χ2n) is 4.16. The van der Waals surface area contributed by atoms with E-state index in [1.54, 1.807) is 11.6 Å². The lowest BCUT2D eigenvalue weighted by Gasteiger charge is -2.14. The van der Waals surface area contributed by atoms with Crippen molar-refractivity contribution >= 4 is 17.2 Å². The van der Waals surface area contributed by atoms with Gasteiger partial charge in [-0.05, 0) is 17.5 Å². The monoisotopic (exact) mass is 246 g/mol. The molecule has 0 saturated carbocycles. The number of nitrogens with two attached hydrogens (primary N) is 1. The van der Waals surface area contributed by atoms with E-state index in [0.29, 0.717) is 11.5 Å². The Morgan fingerprint density at radius 3 is 2.71 bits per heavy atom. The molecule has 17 heavy (non-hydrogen) atoms. The van der Waals surface area contributed by atoms with Crippen molar-refractivity contribution < 1.29 is 4.79 Å². The van der Waals surface area contributed by atoms with E-state index < -0.39 is 5.91 Å². The number of rotatable bonds is 3. The number of aromatic nitrogens is 1. The van der Waals surface area contributed by atoms with Crippen molar-refractivity contribution in [1.82, 2.24) is 4.98 Å². The summed E-state index contributed by atoms with van der Waals surface area (Å²) in [6.45, 7) is 4.19. The highest BCUT2D eigenvalue weighted by Crippen LogP contribution is 2.31. The number of amides is 1. The molecule has 2 N–H and O–H groups in total. The lowest BCUT2D eigenvalue weighted by molar-refractivity contribution is 0.100. The zero-order valence-corrected chi connectivity index (χ0v) is 10.6. The summed E-state index contributed by atoms with van der Waals surface area (Å²) in [6.07, 6.45) is 0. The van der Waals surface area contributed by atoms with Gasteiger partial charge in [0, 0.05) is 16.5 Å². The summed E-state index contributed by atoms with van der Waals surface area (Å²) in [5.74, 6) is -0.0819. The molecule has 0 aliphatic rings. The fourth-order valence-corrected chi connectivity index (χ4v) is 2.42. The van der Waals surface area contributed by atoms with Crippen molar-refractivity contribution in [3.63, 3.8) is 0 Å². The van der Waals surface area contributed by atoms with Gasteiger partial charge in [-0.25, -0.2) is 4.98 Å². The first-order valence-corrected chi connectivity index (χ1v) is 6.36. The van der Waals surface area contributed by atoms with E-state index >= 15 is 0 Å². The van der Waals surface area contributed by atoms with Gasteiger partial charge >= 0.3 is 0 Å². The van der Waals surface area contributed by atoms with Gasteiger partial charge in [0.15, 0.2) is 0 Å². The van der Waals surface area contributed by atoms with E-state index in [1.165, 1.54) is 11.3 Å². The molecule has 1 aromatic heterocycles. The topological polar surface area (TPSA) is 56.0 Å². The van der Waals surface area contributed by atoms with Crippen LogP contribution in [0, 0.1) is 0 Å². The minimum absolute atomic E-state index is 0.325. The van der Waals surface area contributed by atoms with Crippen LogP contribution in [-0.2, 0) is 0 Å². The predicted octanol–water partition coefficient (Wildman–Crippen LogP) is 3.03. The first-order chi connectivity index (χ1) is 8.11. The van der Waals surface area contributed by atoms with Gasteiger partial charge in [-0.15, -0.1) is 11.3 Å². The number of carbonyl (C=O) groups excluding carboxylic acids is 1. The van der Waals surface area contributed by atoms with Crippen LogP contribution in [-0.4, -0.2) is 10.9 Å². The van der Waals surface area contributed by atoms with Gasteiger partial charge in [-0.2, -0.15) is 0 Å². The lowest BCUT2D eigenvalue weighted by Crippen LogP contribution is -2.13. The molecule has 0 aliphatic carbocycles. The van der Waals surface area contributed by atoms with E-state index in [9.17, 15) is 4.79 Å². The van der Waals surface area contributed by atoms with Crippen LogP contribution in [0.15, 0.2) is 29.1 Å². The molecule has 0 aliphatic heterocycles. The zero-order chi connectivity index (χ0) is 12.4. The smallest absolute Gasteiger partial charge is 0.249 e. The van der Waals surface area contributed by atoms with Gasteiger partial charge in [-0.3, -0.25) is 4.79 Å². The summed E-state index contributed by atoms with van der Waals surface area (Å²) < 4.78 is 0. The van der Waals surface area contributed by atoms with Gasteiger partial charge in [0.05, 0.1) is 11.2 Å². The molecule has 1 aromatic carbocycles. The number of benzene rings is 1. The maximum Gasteiger partial charge on any atom is 0.249 e. The molecule has 0 spiro atoms. The van der Waals surface area contributed by atoms with E-state index in [-0.39, 0.29) is 0 Å². The highest BCUT2D eigenvalue weighted by atomic mass is 32.1. The molecular formula is C13H14N2OS. The summed E-state index contributed by atoms with van der Waals surface area (Å²) in [5, 5.41) is 1.94. The van der Waals surface area contributed by atoms with Gasteiger partial charge in [0.1, 0.15) is 0 Å². The van der Waals surface area contributed by atoms with Crippen LogP contribution in [0.4, 0.5) is 0 Å². The second kappa shape index (κ2) is 4.67. The number of nitrogens with zero attached hydrogens (tertiary/aromatic N) is 1. The Labute approximate surface area is 104 Å². The van der Waals surface area contributed by atoms with E-state index in [1.807, 2.05) is 17.5 Å². The van der Waals surface area contributed by atoms with Crippen molar-refractivity contribution in [3.8, 4) is 11.3 Å². The van der Waals surface area contributed by atoms with Gasteiger partial charge < -0.3 is 5.73 Å². The molecule has 0 fully saturated rings. The Morgan fingerprint density at radius 1 is 1.41 bits per heavy atom. The average Bonchev–Trinajstić information content (AvgIpc) is 2.80. The van der Waals surface area contributed by atoms with Crippen molar-refractivity contribution in [2.45, 2.75) is 19.8 Å². The lowest BCUT2D eigenvalue weighted by atomic mass is 9.91. The molecule has 2 aromatic rings. The maximum absolute atomic E-state index is 11.5. The van der Waals surface area contributed by atoms with Gasteiger partial charge in [0.2, 0.25) is 5.91 Å². The number of primary amides is 1. The van der Waals surface area contributed by atoms with Crippen LogP contribution in [0.5, 0.6) is 0 Å². The van der Waals surface area contributed by atoms with Gasteiger partial charge in [-0.1, -0.05) is 26.0 Å². The van der Waals surface area contributed by atoms with Crippen LogP contribution < -0.4 is 5.73 Å². The summed E-state index contributed by atoms with van der Waals surface area (Å²) in [4.78, 5) is 15.8. The third kappa shape index (κ3) is 2.22. The van der Waals surface area contributed by atoms with Crippen LogP contribution in [0.3, 0.4) is 0 Å². The highest BCUT2D eigenvalue weighted by molar-refractivity contribution is 7.07. The van der Waals surface area contributed by atoms with Crippen molar-refractivity contribution in [3.05, 3.63) is 40.2 Å². The van der Waals surface area contributed by atoms with E-state index in [0.717, 1.165) is 16.8 Å². The quantitative estimate of drug-likeness (QED) is 0.905. The second-order valence-corrected chi connectivity index (χ2v) is 4.88. The molecule has 0 radical (unpaired) electrons. The molecule has 2 rings (SSSR count). The highest BCUT2D eigenvalue weighted by Gasteiger charge is 2.17. The number of hydrogen-bond acceptors (Lipinski definition) is 3. The minimum atomic E-state index is -0.407. The van der Waals surface area contributed by atoms with Crippen LogP contribution in [0.1, 0.15) is 35.7 Å². The minimum Gasteiger partial charge on any atom is -0.366 e. The third-order valence-corrected chi connectivity index (χ3v) is 3.26. The molecule has 4 heteroatoms. The van der Waals surface area contributed by atoms with E-state index in [4.69, 9.17) is 5.73 Å². The molecule has 0 atom stereocenters. The third-order valence-electron chi connectivity index (χ3n) is 2.67. The molecule has 1 heterocycles. The predicted molar refractivity (Wildman–Crippen MR) is 70.2 cm³/mol. The summed E-state index contributed by atoms with van der Waals surface area (Å²) in [6, 6.07) is 5.64. The zero-order valence-electron chi connectivity index (χ0n) is 9.81.